The van der Waals surface area contributed by atoms with Gasteiger partial charge in [-0.05, 0) is 105 Å². The second kappa shape index (κ2) is 11.0. The van der Waals surface area contributed by atoms with E-state index in [2.05, 4.69) is 51.2 Å². The number of aryl methyl sites for hydroxylation is 1. The third-order valence-electron chi connectivity index (χ3n) is 5.04. The normalized spacial score (nSPS) is 14.9. The van der Waals surface area contributed by atoms with E-state index in [4.69, 9.17) is 16.3 Å². The van der Waals surface area contributed by atoms with Crippen molar-refractivity contribution in [3.05, 3.63) is 99.7 Å². The van der Waals surface area contributed by atoms with Crippen molar-refractivity contribution < 1.29 is 18.7 Å². The van der Waals surface area contributed by atoms with Crippen LogP contribution in [-0.2, 0) is 17.9 Å². The number of hydrogen-bond acceptors (Lipinski definition) is 4. The lowest BCUT2D eigenvalue weighted by molar-refractivity contribution is -0.123. The number of ether oxygens (including phenoxy) is 1. The Bertz CT molecular complexity index is 1290. The minimum atomic E-state index is -0.555. The predicted octanol–water partition coefficient (Wildman–Crippen LogP) is 7.81. The smallest absolute Gasteiger partial charge is 0.293 e. The lowest BCUT2D eigenvalue weighted by atomic mass is 10.1. The first-order valence-corrected chi connectivity index (χ1v) is 13.4. The van der Waals surface area contributed by atoms with Gasteiger partial charge in [-0.3, -0.25) is 14.5 Å². The molecule has 4 nitrogen and oxygen atoms in total. The molecule has 0 N–H and O–H groups in total. The number of hydrogen-bond donors (Lipinski definition) is 0. The van der Waals surface area contributed by atoms with Gasteiger partial charge in [-0.25, -0.2) is 4.39 Å². The van der Waals surface area contributed by atoms with Crippen molar-refractivity contribution in [1.82, 2.24) is 4.90 Å². The number of carbonyl (C=O) groups excluding carboxylic acids is 2. The van der Waals surface area contributed by atoms with E-state index >= 15 is 0 Å². The standard InChI is InChI=1S/C25H17ClFI2NO3S/c1-14-4-2-5-15(8-14)13-33-23-20(28)9-16(10-21(23)29)11-22-24(31)30(25(32)34-22)12-17-18(26)6-3-7-19(17)27/h2-11H,12-13H2,1H3/b22-11-. The molecule has 1 aliphatic heterocycles. The highest BCUT2D eigenvalue weighted by Crippen LogP contribution is 2.36. The second-order valence-corrected chi connectivity index (χ2v) is 11.3. The summed E-state index contributed by atoms with van der Waals surface area (Å²) in [5.74, 6) is -0.262. The molecule has 3 aromatic rings. The molecule has 0 aliphatic carbocycles. The summed E-state index contributed by atoms with van der Waals surface area (Å²) in [6.45, 7) is 2.28. The van der Waals surface area contributed by atoms with Gasteiger partial charge in [0.15, 0.2) is 0 Å². The highest BCUT2D eigenvalue weighted by atomic mass is 127. The highest BCUT2D eigenvalue weighted by molar-refractivity contribution is 14.1. The monoisotopic (exact) mass is 719 g/mol. The van der Waals surface area contributed by atoms with Crippen LogP contribution in [0.5, 0.6) is 5.75 Å². The summed E-state index contributed by atoms with van der Waals surface area (Å²) in [6.07, 6.45) is 1.67. The molecule has 0 atom stereocenters. The van der Waals surface area contributed by atoms with E-state index in [1.807, 2.05) is 37.3 Å². The predicted molar refractivity (Wildman–Crippen MR) is 150 cm³/mol. The van der Waals surface area contributed by atoms with Crippen LogP contribution in [-0.4, -0.2) is 16.0 Å². The molecular weight excluding hydrogens is 703 g/mol. The van der Waals surface area contributed by atoms with Gasteiger partial charge in [0.05, 0.1) is 18.6 Å². The van der Waals surface area contributed by atoms with E-state index in [-0.39, 0.29) is 22.0 Å². The Morgan fingerprint density at radius 3 is 2.47 bits per heavy atom. The summed E-state index contributed by atoms with van der Waals surface area (Å²) in [6, 6.07) is 16.2. The molecule has 174 valence electrons. The summed E-state index contributed by atoms with van der Waals surface area (Å²) < 4.78 is 22.0. The van der Waals surface area contributed by atoms with Crippen molar-refractivity contribution in [1.29, 1.82) is 0 Å². The number of nitrogens with zero attached hydrogens (tertiary/aromatic N) is 1. The first-order valence-electron chi connectivity index (χ1n) is 10.1. The molecular formula is C25H17ClFI2NO3S. The molecule has 0 saturated carbocycles. The molecule has 0 aromatic heterocycles. The van der Waals surface area contributed by atoms with E-state index in [0.29, 0.717) is 6.61 Å². The fourth-order valence-electron chi connectivity index (χ4n) is 3.39. The molecule has 0 spiro atoms. The van der Waals surface area contributed by atoms with Crippen molar-refractivity contribution in [3.8, 4) is 5.75 Å². The van der Waals surface area contributed by atoms with Gasteiger partial charge in [0.2, 0.25) is 0 Å². The topological polar surface area (TPSA) is 46.6 Å². The zero-order valence-corrected chi connectivity index (χ0v) is 23.7. The highest BCUT2D eigenvalue weighted by Gasteiger charge is 2.36. The first kappa shape index (κ1) is 25.5. The quantitative estimate of drug-likeness (QED) is 0.193. The molecule has 3 aromatic carbocycles. The van der Waals surface area contributed by atoms with Crippen LogP contribution in [0.25, 0.3) is 6.08 Å². The number of halogens is 4. The minimum absolute atomic E-state index is 0.118. The van der Waals surface area contributed by atoms with Crippen LogP contribution in [0, 0.1) is 19.9 Å². The Hall–Kier alpha value is -1.63. The van der Waals surface area contributed by atoms with Crippen molar-refractivity contribution in [2.24, 2.45) is 0 Å². The van der Waals surface area contributed by atoms with Crippen LogP contribution in [0.2, 0.25) is 5.02 Å². The van der Waals surface area contributed by atoms with Gasteiger partial charge >= 0.3 is 0 Å². The summed E-state index contributed by atoms with van der Waals surface area (Å²) >= 11 is 11.3. The first-order chi connectivity index (χ1) is 16.2. The molecule has 9 heteroatoms. The third kappa shape index (κ3) is 5.77. The molecule has 1 saturated heterocycles. The van der Waals surface area contributed by atoms with E-state index < -0.39 is 17.0 Å². The van der Waals surface area contributed by atoms with Crippen LogP contribution < -0.4 is 4.74 Å². The molecule has 4 rings (SSSR count). The maximum Gasteiger partial charge on any atom is 0.293 e. The van der Waals surface area contributed by atoms with Crippen molar-refractivity contribution in [3.63, 3.8) is 0 Å². The van der Waals surface area contributed by atoms with Crippen LogP contribution in [0.3, 0.4) is 0 Å². The zero-order chi connectivity index (χ0) is 24.4. The van der Waals surface area contributed by atoms with Gasteiger partial charge in [0.25, 0.3) is 11.1 Å². The van der Waals surface area contributed by atoms with Gasteiger partial charge in [-0.2, -0.15) is 0 Å². The van der Waals surface area contributed by atoms with E-state index in [1.165, 1.54) is 23.8 Å². The summed E-state index contributed by atoms with van der Waals surface area (Å²) in [5, 5.41) is -0.286. The second-order valence-electron chi connectivity index (χ2n) is 7.56. The molecule has 0 unspecified atom stereocenters. The van der Waals surface area contributed by atoms with E-state index in [9.17, 15) is 14.0 Å². The molecule has 1 heterocycles. The Balaban J connectivity index is 1.52. The maximum absolute atomic E-state index is 14.2. The minimum Gasteiger partial charge on any atom is -0.487 e. The molecule has 1 fully saturated rings. The number of thioether (sulfide) groups is 1. The maximum atomic E-state index is 14.2. The Morgan fingerprint density at radius 1 is 1.09 bits per heavy atom. The van der Waals surface area contributed by atoms with Crippen molar-refractivity contribution in [2.45, 2.75) is 20.1 Å². The van der Waals surface area contributed by atoms with Gasteiger partial charge in [0, 0.05) is 10.6 Å². The van der Waals surface area contributed by atoms with Crippen LogP contribution in [0.1, 0.15) is 22.3 Å². The van der Waals surface area contributed by atoms with Gasteiger partial charge in [-0.1, -0.05) is 47.5 Å². The fraction of sp³-hybridized carbons (Fsp3) is 0.120. The Kier molecular flexibility index (Phi) is 8.21. The number of amides is 2. The van der Waals surface area contributed by atoms with Crippen LogP contribution in [0.15, 0.2) is 59.5 Å². The molecule has 34 heavy (non-hydrogen) atoms. The van der Waals surface area contributed by atoms with E-state index in [1.54, 1.807) is 6.08 Å². The Morgan fingerprint density at radius 2 is 1.79 bits per heavy atom. The average Bonchev–Trinajstić information content (AvgIpc) is 3.03. The Labute approximate surface area is 233 Å². The lowest BCUT2D eigenvalue weighted by Gasteiger charge is -2.14. The van der Waals surface area contributed by atoms with Crippen molar-refractivity contribution in [2.75, 3.05) is 0 Å². The fourth-order valence-corrected chi connectivity index (χ4v) is 6.58. The van der Waals surface area contributed by atoms with Gasteiger partial charge in [-0.15, -0.1) is 0 Å². The van der Waals surface area contributed by atoms with Crippen LogP contribution >= 0.6 is 68.5 Å². The average molecular weight is 720 g/mol. The molecule has 0 bridgehead atoms. The number of rotatable bonds is 6. The van der Waals surface area contributed by atoms with Crippen molar-refractivity contribution >= 4 is 85.8 Å². The molecule has 1 aliphatic rings. The molecule has 2 amide bonds. The van der Waals surface area contributed by atoms with Crippen LogP contribution in [0.4, 0.5) is 9.18 Å². The summed E-state index contributed by atoms with van der Waals surface area (Å²) in [7, 11) is 0. The summed E-state index contributed by atoms with van der Waals surface area (Å²) in [5.41, 5.74) is 3.14. The lowest BCUT2D eigenvalue weighted by Crippen LogP contribution is -2.28. The summed E-state index contributed by atoms with van der Waals surface area (Å²) in [4.78, 5) is 26.7. The SMILES string of the molecule is Cc1cccc(COc2c(I)cc(/C=C3\SC(=O)N(Cc4c(F)cccc4Cl)C3=O)cc2I)c1. The third-order valence-corrected chi connectivity index (χ3v) is 7.90. The zero-order valence-electron chi connectivity index (χ0n) is 17.8. The van der Waals surface area contributed by atoms with E-state index in [0.717, 1.165) is 40.7 Å². The number of benzene rings is 3. The largest absolute Gasteiger partial charge is 0.487 e. The van der Waals surface area contributed by atoms with Gasteiger partial charge < -0.3 is 4.74 Å². The number of carbonyl (C=O) groups is 2. The number of imide groups is 1. The van der Waals surface area contributed by atoms with Gasteiger partial charge in [0.1, 0.15) is 18.2 Å². The molecule has 0 radical (unpaired) electrons.